The SMILES string of the molecule is c1ccc(CNC(C2CC2)C2CC2)nc1. The molecule has 1 aromatic rings. The van der Waals surface area contributed by atoms with E-state index in [1.165, 1.54) is 31.4 Å². The molecule has 2 saturated carbocycles. The van der Waals surface area contributed by atoms with Crippen molar-refractivity contribution in [1.82, 2.24) is 10.3 Å². The summed E-state index contributed by atoms with van der Waals surface area (Å²) in [4.78, 5) is 4.35. The van der Waals surface area contributed by atoms with Crippen molar-refractivity contribution in [2.24, 2.45) is 11.8 Å². The van der Waals surface area contributed by atoms with Crippen LogP contribution >= 0.6 is 0 Å². The van der Waals surface area contributed by atoms with Gasteiger partial charge in [-0.15, -0.1) is 0 Å². The fourth-order valence-corrected chi connectivity index (χ4v) is 2.35. The Labute approximate surface area is 91.1 Å². The fourth-order valence-electron chi connectivity index (χ4n) is 2.35. The molecular weight excluding hydrogens is 184 g/mol. The molecule has 2 nitrogen and oxygen atoms in total. The highest BCUT2D eigenvalue weighted by atomic mass is 15.0. The number of hydrogen-bond acceptors (Lipinski definition) is 2. The van der Waals surface area contributed by atoms with Crippen molar-refractivity contribution < 1.29 is 0 Å². The molecule has 2 fully saturated rings. The Hall–Kier alpha value is -0.890. The van der Waals surface area contributed by atoms with E-state index in [-0.39, 0.29) is 0 Å². The summed E-state index contributed by atoms with van der Waals surface area (Å²) in [7, 11) is 0. The Morgan fingerprint density at radius 1 is 1.20 bits per heavy atom. The molecule has 15 heavy (non-hydrogen) atoms. The first kappa shape index (κ1) is 9.34. The third kappa shape index (κ3) is 2.37. The van der Waals surface area contributed by atoms with Crippen LogP contribution in [-0.4, -0.2) is 11.0 Å². The summed E-state index contributed by atoms with van der Waals surface area (Å²) in [6.07, 6.45) is 7.64. The van der Waals surface area contributed by atoms with Gasteiger partial charge in [-0.25, -0.2) is 0 Å². The third-order valence-electron chi connectivity index (χ3n) is 3.50. The van der Waals surface area contributed by atoms with Crippen LogP contribution in [0.5, 0.6) is 0 Å². The van der Waals surface area contributed by atoms with E-state index >= 15 is 0 Å². The number of nitrogens with one attached hydrogen (secondary N) is 1. The maximum atomic E-state index is 4.35. The largest absolute Gasteiger partial charge is 0.308 e. The maximum Gasteiger partial charge on any atom is 0.0541 e. The first-order valence-corrected chi connectivity index (χ1v) is 6.07. The van der Waals surface area contributed by atoms with Crippen LogP contribution in [0.1, 0.15) is 31.4 Å². The highest BCUT2D eigenvalue weighted by Crippen LogP contribution is 2.44. The first-order valence-electron chi connectivity index (χ1n) is 6.07. The summed E-state index contributed by atoms with van der Waals surface area (Å²) >= 11 is 0. The van der Waals surface area contributed by atoms with Gasteiger partial charge in [0, 0.05) is 18.8 Å². The summed E-state index contributed by atoms with van der Waals surface area (Å²) in [5.41, 5.74) is 1.17. The van der Waals surface area contributed by atoms with Crippen molar-refractivity contribution in [3.8, 4) is 0 Å². The third-order valence-corrected chi connectivity index (χ3v) is 3.50. The average molecular weight is 202 g/mol. The van der Waals surface area contributed by atoms with Gasteiger partial charge in [0.25, 0.3) is 0 Å². The van der Waals surface area contributed by atoms with Gasteiger partial charge in [-0.3, -0.25) is 4.98 Å². The molecule has 0 unspecified atom stereocenters. The quantitative estimate of drug-likeness (QED) is 0.793. The molecule has 0 aliphatic heterocycles. The van der Waals surface area contributed by atoms with Gasteiger partial charge < -0.3 is 5.32 Å². The number of hydrogen-bond donors (Lipinski definition) is 1. The second-order valence-corrected chi connectivity index (χ2v) is 4.90. The Morgan fingerprint density at radius 2 is 1.93 bits per heavy atom. The highest BCUT2D eigenvalue weighted by Gasteiger charge is 2.40. The van der Waals surface area contributed by atoms with Gasteiger partial charge in [0.05, 0.1) is 5.69 Å². The highest BCUT2D eigenvalue weighted by molar-refractivity contribution is 5.04. The molecule has 80 valence electrons. The topological polar surface area (TPSA) is 24.9 Å². The van der Waals surface area contributed by atoms with Gasteiger partial charge in [-0.2, -0.15) is 0 Å². The smallest absolute Gasteiger partial charge is 0.0541 e. The molecule has 0 bridgehead atoms. The van der Waals surface area contributed by atoms with Gasteiger partial charge >= 0.3 is 0 Å². The van der Waals surface area contributed by atoms with E-state index in [2.05, 4.69) is 22.4 Å². The van der Waals surface area contributed by atoms with Crippen LogP contribution in [0.25, 0.3) is 0 Å². The molecule has 2 aliphatic rings. The Kier molecular flexibility index (Phi) is 2.45. The normalized spacial score (nSPS) is 20.9. The predicted molar refractivity (Wildman–Crippen MR) is 60.3 cm³/mol. The van der Waals surface area contributed by atoms with Crippen LogP contribution in [0.15, 0.2) is 24.4 Å². The van der Waals surface area contributed by atoms with E-state index in [0.717, 1.165) is 24.4 Å². The molecule has 2 aliphatic carbocycles. The van der Waals surface area contributed by atoms with E-state index < -0.39 is 0 Å². The zero-order valence-corrected chi connectivity index (χ0v) is 9.02. The van der Waals surface area contributed by atoms with Crippen LogP contribution < -0.4 is 5.32 Å². The maximum absolute atomic E-state index is 4.35. The van der Waals surface area contributed by atoms with Crippen molar-refractivity contribution in [2.45, 2.75) is 38.3 Å². The number of aromatic nitrogens is 1. The number of rotatable bonds is 5. The molecule has 0 atom stereocenters. The van der Waals surface area contributed by atoms with Gasteiger partial charge in [0.15, 0.2) is 0 Å². The molecule has 2 heteroatoms. The molecule has 1 heterocycles. The summed E-state index contributed by atoms with van der Waals surface area (Å²) in [5, 5.41) is 3.70. The Morgan fingerprint density at radius 3 is 2.47 bits per heavy atom. The molecule has 0 radical (unpaired) electrons. The number of pyridine rings is 1. The summed E-state index contributed by atoms with van der Waals surface area (Å²) in [6, 6.07) is 6.92. The molecular formula is C13H18N2. The van der Waals surface area contributed by atoms with E-state index in [1.54, 1.807) is 0 Å². The van der Waals surface area contributed by atoms with Crippen molar-refractivity contribution in [2.75, 3.05) is 0 Å². The standard InChI is InChI=1S/C13H18N2/c1-2-8-14-12(3-1)9-15-13(10-4-5-10)11-6-7-11/h1-3,8,10-11,13,15H,4-7,9H2. The molecule has 0 spiro atoms. The molecule has 0 saturated heterocycles. The van der Waals surface area contributed by atoms with Crippen LogP contribution in [-0.2, 0) is 6.54 Å². The second-order valence-electron chi connectivity index (χ2n) is 4.90. The molecule has 3 rings (SSSR count). The second kappa shape index (κ2) is 3.93. The van der Waals surface area contributed by atoms with Crippen molar-refractivity contribution in [1.29, 1.82) is 0 Å². The van der Waals surface area contributed by atoms with Gasteiger partial charge in [0.1, 0.15) is 0 Å². The minimum absolute atomic E-state index is 0.784. The van der Waals surface area contributed by atoms with Gasteiger partial charge in [-0.05, 0) is 49.7 Å². The van der Waals surface area contributed by atoms with E-state index in [0.29, 0.717) is 0 Å². The minimum Gasteiger partial charge on any atom is -0.308 e. The summed E-state index contributed by atoms with van der Waals surface area (Å²) in [6.45, 7) is 0.943. The lowest BCUT2D eigenvalue weighted by molar-refractivity contribution is 0.413. The lowest BCUT2D eigenvalue weighted by atomic mass is 10.1. The fraction of sp³-hybridized carbons (Fsp3) is 0.615. The van der Waals surface area contributed by atoms with Crippen molar-refractivity contribution in [3.63, 3.8) is 0 Å². The minimum atomic E-state index is 0.784. The van der Waals surface area contributed by atoms with Crippen molar-refractivity contribution in [3.05, 3.63) is 30.1 Å². The molecule has 0 aromatic carbocycles. The lowest BCUT2D eigenvalue weighted by Gasteiger charge is -2.17. The lowest BCUT2D eigenvalue weighted by Crippen LogP contribution is -2.32. The average Bonchev–Trinajstić information content (AvgIpc) is 3.14. The van der Waals surface area contributed by atoms with Gasteiger partial charge in [-0.1, -0.05) is 6.07 Å². The zero-order valence-electron chi connectivity index (χ0n) is 9.02. The van der Waals surface area contributed by atoms with E-state index in [1.807, 2.05) is 12.3 Å². The summed E-state index contributed by atoms with van der Waals surface area (Å²) < 4.78 is 0. The van der Waals surface area contributed by atoms with Crippen LogP contribution in [0.3, 0.4) is 0 Å². The Balaban J connectivity index is 1.55. The monoisotopic (exact) mass is 202 g/mol. The molecule has 1 aromatic heterocycles. The zero-order chi connectivity index (χ0) is 10.1. The number of nitrogens with zero attached hydrogens (tertiary/aromatic N) is 1. The molecule has 0 amide bonds. The van der Waals surface area contributed by atoms with Crippen LogP contribution in [0.2, 0.25) is 0 Å². The first-order chi connectivity index (χ1) is 7.43. The van der Waals surface area contributed by atoms with Crippen LogP contribution in [0.4, 0.5) is 0 Å². The summed E-state index contributed by atoms with van der Waals surface area (Å²) in [5.74, 6) is 1.95. The van der Waals surface area contributed by atoms with Gasteiger partial charge in [0.2, 0.25) is 0 Å². The van der Waals surface area contributed by atoms with E-state index in [4.69, 9.17) is 0 Å². The van der Waals surface area contributed by atoms with Crippen LogP contribution in [0, 0.1) is 11.8 Å². The van der Waals surface area contributed by atoms with E-state index in [9.17, 15) is 0 Å². The Bertz CT molecular complexity index is 303. The predicted octanol–water partition coefficient (Wildman–Crippen LogP) is 2.36. The molecule has 1 N–H and O–H groups in total. The van der Waals surface area contributed by atoms with Crippen molar-refractivity contribution >= 4 is 0 Å².